The van der Waals surface area contributed by atoms with Crippen LogP contribution in [0.4, 0.5) is 14.9 Å². The Balaban J connectivity index is 1.45. The number of para-hydroxylation sites is 1. The van der Waals surface area contributed by atoms with Crippen molar-refractivity contribution in [2.24, 2.45) is 0 Å². The van der Waals surface area contributed by atoms with Crippen molar-refractivity contribution >= 4 is 17.6 Å². The Bertz CT molecular complexity index is 614. The van der Waals surface area contributed by atoms with Crippen molar-refractivity contribution < 1.29 is 18.7 Å². The Kier molecular flexibility index (Phi) is 5.83. The van der Waals surface area contributed by atoms with Crippen LogP contribution >= 0.6 is 0 Å². The SMILES string of the molecule is O=C(CN1CCOCC1)N1CCN(C(=O)Nc2ccccc2F)CC1. The number of morpholine rings is 1. The topological polar surface area (TPSA) is 65.1 Å². The molecule has 0 spiro atoms. The monoisotopic (exact) mass is 350 g/mol. The zero-order chi connectivity index (χ0) is 17.6. The molecule has 0 radical (unpaired) electrons. The second kappa shape index (κ2) is 8.26. The second-order valence-corrected chi connectivity index (χ2v) is 6.17. The van der Waals surface area contributed by atoms with Crippen LogP contribution in [0.1, 0.15) is 0 Å². The van der Waals surface area contributed by atoms with Gasteiger partial charge in [-0.2, -0.15) is 0 Å². The molecule has 1 aromatic rings. The molecule has 8 heteroatoms. The minimum absolute atomic E-state index is 0.0797. The largest absolute Gasteiger partial charge is 0.379 e. The highest BCUT2D eigenvalue weighted by molar-refractivity contribution is 5.89. The minimum Gasteiger partial charge on any atom is -0.379 e. The summed E-state index contributed by atoms with van der Waals surface area (Å²) in [7, 11) is 0. The summed E-state index contributed by atoms with van der Waals surface area (Å²) in [5.74, 6) is -0.383. The molecule has 1 aromatic carbocycles. The molecule has 0 atom stereocenters. The third-order valence-electron chi connectivity index (χ3n) is 4.50. The first-order chi connectivity index (χ1) is 12.1. The quantitative estimate of drug-likeness (QED) is 0.877. The van der Waals surface area contributed by atoms with Gasteiger partial charge in [-0.15, -0.1) is 0 Å². The van der Waals surface area contributed by atoms with E-state index < -0.39 is 5.82 Å². The zero-order valence-corrected chi connectivity index (χ0v) is 14.1. The lowest BCUT2D eigenvalue weighted by Crippen LogP contribution is -2.54. The van der Waals surface area contributed by atoms with E-state index in [2.05, 4.69) is 10.2 Å². The predicted molar refractivity (Wildman–Crippen MR) is 90.8 cm³/mol. The van der Waals surface area contributed by atoms with Crippen LogP contribution < -0.4 is 5.32 Å². The Morgan fingerprint density at radius 2 is 1.64 bits per heavy atom. The zero-order valence-electron chi connectivity index (χ0n) is 14.1. The van der Waals surface area contributed by atoms with Gasteiger partial charge in [0.05, 0.1) is 25.4 Å². The number of nitrogens with zero attached hydrogens (tertiary/aromatic N) is 3. The van der Waals surface area contributed by atoms with E-state index in [-0.39, 0.29) is 17.6 Å². The molecule has 2 aliphatic rings. The number of rotatable bonds is 3. The number of nitrogens with one attached hydrogen (secondary N) is 1. The van der Waals surface area contributed by atoms with E-state index in [0.29, 0.717) is 45.9 Å². The molecule has 7 nitrogen and oxygen atoms in total. The number of carbonyl (C=O) groups excluding carboxylic acids is 2. The van der Waals surface area contributed by atoms with Gasteiger partial charge in [0.1, 0.15) is 5.82 Å². The first-order valence-corrected chi connectivity index (χ1v) is 8.52. The van der Waals surface area contributed by atoms with E-state index in [0.717, 1.165) is 13.1 Å². The van der Waals surface area contributed by atoms with Crippen molar-refractivity contribution in [3.05, 3.63) is 30.1 Å². The van der Waals surface area contributed by atoms with E-state index in [9.17, 15) is 14.0 Å². The standard InChI is InChI=1S/C17H23FN4O3/c18-14-3-1-2-4-15(14)19-17(24)22-7-5-21(6-8-22)16(23)13-20-9-11-25-12-10-20/h1-4H,5-13H2,(H,19,24). The van der Waals surface area contributed by atoms with Crippen molar-refractivity contribution in [3.8, 4) is 0 Å². The second-order valence-electron chi connectivity index (χ2n) is 6.17. The number of hydrogen-bond donors (Lipinski definition) is 1. The summed E-state index contributed by atoms with van der Waals surface area (Å²) in [5.41, 5.74) is 0.165. The fourth-order valence-electron chi connectivity index (χ4n) is 2.97. The first kappa shape index (κ1) is 17.6. The van der Waals surface area contributed by atoms with Crippen LogP contribution in [0.2, 0.25) is 0 Å². The molecule has 0 unspecified atom stereocenters. The van der Waals surface area contributed by atoms with Crippen molar-refractivity contribution in [1.82, 2.24) is 14.7 Å². The van der Waals surface area contributed by atoms with Crippen LogP contribution in [0.3, 0.4) is 0 Å². The van der Waals surface area contributed by atoms with Crippen molar-refractivity contribution in [3.63, 3.8) is 0 Å². The number of piperazine rings is 1. The predicted octanol–water partition coefficient (Wildman–Crippen LogP) is 0.834. The molecule has 2 saturated heterocycles. The fraction of sp³-hybridized carbons (Fsp3) is 0.529. The van der Waals surface area contributed by atoms with Gasteiger partial charge in [-0.05, 0) is 12.1 Å². The van der Waals surface area contributed by atoms with Gasteiger partial charge in [-0.1, -0.05) is 12.1 Å². The van der Waals surface area contributed by atoms with Gasteiger partial charge in [0.15, 0.2) is 0 Å². The van der Waals surface area contributed by atoms with Gasteiger partial charge >= 0.3 is 6.03 Å². The summed E-state index contributed by atoms with van der Waals surface area (Å²) in [6.45, 7) is 5.14. The van der Waals surface area contributed by atoms with Crippen molar-refractivity contribution in [2.45, 2.75) is 0 Å². The summed E-state index contributed by atoms with van der Waals surface area (Å²) in [6, 6.07) is 5.73. The maximum atomic E-state index is 13.6. The molecule has 136 valence electrons. The molecule has 2 aliphatic heterocycles. The number of benzene rings is 1. The van der Waals surface area contributed by atoms with Gasteiger partial charge in [-0.3, -0.25) is 9.69 Å². The van der Waals surface area contributed by atoms with Crippen LogP contribution in [-0.2, 0) is 9.53 Å². The van der Waals surface area contributed by atoms with Crippen LogP contribution in [-0.4, -0.2) is 85.7 Å². The molecule has 3 amide bonds. The third kappa shape index (κ3) is 4.67. The lowest BCUT2D eigenvalue weighted by molar-refractivity contribution is -0.134. The van der Waals surface area contributed by atoms with Crippen LogP contribution in [0, 0.1) is 5.82 Å². The van der Waals surface area contributed by atoms with E-state index in [1.807, 2.05) is 0 Å². The Hall–Kier alpha value is -2.19. The van der Waals surface area contributed by atoms with Crippen LogP contribution in [0.5, 0.6) is 0 Å². The fourth-order valence-corrected chi connectivity index (χ4v) is 2.97. The number of ether oxygens (including phenoxy) is 1. The van der Waals surface area contributed by atoms with Gasteiger partial charge in [-0.25, -0.2) is 9.18 Å². The number of amides is 3. The Labute approximate surface area is 146 Å². The molecule has 3 rings (SSSR count). The summed E-state index contributed by atoms with van der Waals surface area (Å²) in [5, 5.41) is 2.58. The van der Waals surface area contributed by atoms with E-state index in [1.165, 1.54) is 12.1 Å². The summed E-state index contributed by atoms with van der Waals surface area (Å²) < 4.78 is 18.9. The number of carbonyl (C=O) groups is 2. The number of anilines is 1. The average Bonchev–Trinajstić information content (AvgIpc) is 2.64. The molecular formula is C17H23FN4O3. The summed E-state index contributed by atoms with van der Waals surface area (Å²) in [6.07, 6.45) is 0. The molecule has 2 fully saturated rings. The minimum atomic E-state index is -0.463. The molecule has 0 saturated carbocycles. The van der Waals surface area contributed by atoms with Crippen LogP contribution in [0.15, 0.2) is 24.3 Å². The molecule has 1 N–H and O–H groups in total. The molecule has 0 bridgehead atoms. The normalized spacial score (nSPS) is 18.9. The Morgan fingerprint density at radius 3 is 2.32 bits per heavy atom. The van der Waals surface area contributed by atoms with Gasteiger partial charge in [0.25, 0.3) is 0 Å². The van der Waals surface area contributed by atoms with E-state index in [1.54, 1.807) is 21.9 Å². The maximum Gasteiger partial charge on any atom is 0.322 e. The van der Waals surface area contributed by atoms with Gasteiger partial charge in [0.2, 0.25) is 5.91 Å². The van der Waals surface area contributed by atoms with Gasteiger partial charge in [0, 0.05) is 39.3 Å². The number of urea groups is 1. The highest BCUT2D eigenvalue weighted by Crippen LogP contribution is 2.14. The lowest BCUT2D eigenvalue weighted by atomic mass is 10.3. The Morgan fingerprint density at radius 1 is 1.00 bits per heavy atom. The van der Waals surface area contributed by atoms with E-state index in [4.69, 9.17) is 4.74 Å². The number of hydrogen-bond acceptors (Lipinski definition) is 4. The van der Waals surface area contributed by atoms with Crippen molar-refractivity contribution in [1.29, 1.82) is 0 Å². The smallest absolute Gasteiger partial charge is 0.322 e. The van der Waals surface area contributed by atoms with Crippen molar-refractivity contribution in [2.75, 3.05) is 64.3 Å². The molecule has 25 heavy (non-hydrogen) atoms. The molecular weight excluding hydrogens is 327 g/mol. The maximum absolute atomic E-state index is 13.6. The average molecular weight is 350 g/mol. The highest BCUT2D eigenvalue weighted by Gasteiger charge is 2.26. The molecule has 2 heterocycles. The molecule has 0 aromatic heterocycles. The first-order valence-electron chi connectivity index (χ1n) is 8.52. The lowest BCUT2D eigenvalue weighted by Gasteiger charge is -2.36. The van der Waals surface area contributed by atoms with E-state index >= 15 is 0 Å². The number of halogens is 1. The summed E-state index contributed by atoms with van der Waals surface area (Å²) >= 11 is 0. The highest BCUT2D eigenvalue weighted by atomic mass is 19.1. The molecule has 0 aliphatic carbocycles. The third-order valence-corrected chi connectivity index (χ3v) is 4.50. The van der Waals surface area contributed by atoms with Gasteiger partial charge < -0.3 is 19.9 Å². The van der Waals surface area contributed by atoms with Crippen LogP contribution in [0.25, 0.3) is 0 Å². The summed E-state index contributed by atoms with van der Waals surface area (Å²) in [4.78, 5) is 30.1.